The molecule has 7 nitrogen and oxygen atoms in total. The van der Waals surface area contributed by atoms with E-state index in [1.807, 2.05) is 0 Å². The standard InChI is InChI=1S/C19H19N3O4/c1-11(2)16(23)20-13-9-7-12(8-10-13)17(24)21-22-18(25)14-5-3-4-6-15(14)19(22)26/h3-11,17,21,24H,1-2H3,(H,20,23). The third-order valence-corrected chi connectivity index (χ3v) is 4.06. The zero-order chi connectivity index (χ0) is 18.8. The molecule has 3 N–H and O–H groups in total. The molecule has 1 aliphatic heterocycles. The zero-order valence-corrected chi connectivity index (χ0v) is 14.4. The molecule has 0 saturated carbocycles. The number of nitrogens with one attached hydrogen (secondary N) is 2. The Balaban J connectivity index is 1.69. The molecule has 1 atom stereocenters. The summed E-state index contributed by atoms with van der Waals surface area (Å²) >= 11 is 0. The Kier molecular flexibility index (Phi) is 4.83. The molecule has 0 bridgehead atoms. The highest BCUT2D eigenvalue weighted by Crippen LogP contribution is 2.23. The fourth-order valence-electron chi connectivity index (χ4n) is 2.54. The van der Waals surface area contributed by atoms with Crippen molar-refractivity contribution in [3.05, 3.63) is 65.2 Å². The second kappa shape index (κ2) is 7.07. The highest BCUT2D eigenvalue weighted by Gasteiger charge is 2.36. The fraction of sp³-hybridized carbons (Fsp3) is 0.211. The van der Waals surface area contributed by atoms with E-state index in [-0.39, 0.29) is 11.8 Å². The minimum absolute atomic E-state index is 0.109. The first-order chi connectivity index (χ1) is 12.4. The SMILES string of the molecule is CC(C)C(=O)Nc1ccc(C(O)NN2C(=O)c3ccccc3C2=O)cc1. The lowest BCUT2D eigenvalue weighted by Crippen LogP contribution is -2.44. The number of amides is 3. The molecule has 26 heavy (non-hydrogen) atoms. The number of aliphatic hydroxyl groups is 1. The number of carbonyl (C=O) groups excluding carboxylic acids is 3. The summed E-state index contributed by atoms with van der Waals surface area (Å²) in [6.07, 6.45) is -1.26. The molecule has 3 amide bonds. The van der Waals surface area contributed by atoms with Crippen molar-refractivity contribution >= 4 is 23.4 Å². The van der Waals surface area contributed by atoms with E-state index in [9.17, 15) is 19.5 Å². The van der Waals surface area contributed by atoms with Crippen molar-refractivity contribution in [2.24, 2.45) is 5.92 Å². The van der Waals surface area contributed by atoms with Gasteiger partial charge >= 0.3 is 0 Å². The van der Waals surface area contributed by atoms with Crippen LogP contribution in [0, 0.1) is 5.92 Å². The molecule has 0 radical (unpaired) electrons. The number of hydrogen-bond donors (Lipinski definition) is 3. The molecule has 0 saturated heterocycles. The van der Waals surface area contributed by atoms with E-state index in [0.29, 0.717) is 22.4 Å². The minimum Gasteiger partial charge on any atom is -0.373 e. The molecule has 2 aromatic carbocycles. The van der Waals surface area contributed by atoms with Gasteiger partial charge in [0.25, 0.3) is 11.8 Å². The number of aliphatic hydroxyl groups excluding tert-OH is 1. The van der Waals surface area contributed by atoms with E-state index in [2.05, 4.69) is 10.7 Å². The summed E-state index contributed by atoms with van der Waals surface area (Å²) in [5, 5.41) is 13.9. The average molecular weight is 353 g/mol. The first-order valence-corrected chi connectivity index (χ1v) is 8.21. The summed E-state index contributed by atoms with van der Waals surface area (Å²) < 4.78 is 0. The van der Waals surface area contributed by atoms with Gasteiger partial charge in [0.2, 0.25) is 5.91 Å². The number of benzene rings is 2. The van der Waals surface area contributed by atoms with E-state index in [1.54, 1.807) is 62.4 Å². The van der Waals surface area contributed by atoms with Crippen molar-refractivity contribution in [2.75, 3.05) is 5.32 Å². The predicted octanol–water partition coefficient (Wildman–Crippen LogP) is 2.07. The second-order valence-corrected chi connectivity index (χ2v) is 6.29. The molecule has 0 aromatic heterocycles. The van der Waals surface area contributed by atoms with Crippen LogP contribution in [0.15, 0.2) is 48.5 Å². The lowest BCUT2D eigenvalue weighted by atomic mass is 10.1. The first kappa shape index (κ1) is 17.8. The fourth-order valence-corrected chi connectivity index (χ4v) is 2.54. The highest BCUT2D eigenvalue weighted by molar-refractivity contribution is 6.20. The average Bonchev–Trinajstić information content (AvgIpc) is 2.87. The van der Waals surface area contributed by atoms with Crippen LogP contribution >= 0.6 is 0 Å². The molecule has 0 fully saturated rings. The van der Waals surface area contributed by atoms with E-state index in [0.717, 1.165) is 5.01 Å². The van der Waals surface area contributed by atoms with Crippen molar-refractivity contribution in [1.29, 1.82) is 0 Å². The normalized spacial score (nSPS) is 14.5. The molecule has 134 valence electrons. The van der Waals surface area contributed by atoms with Crippen LogP contribution in [-0.2, 0) is 4.79 Å². The molecule has 0 spiro atoms. The van der Waals surface area contributed by atoms with Crippen LogP contribution in [0.1, 0.15) is 46.4 Å². The van der Waals surface area contributed by atoms with Gasteiger partial charge in [-0.1, -0.05) is 38.1 Å². The third-order valence-electron chi connectivity index (χ3n) is 4.06. The van der Waals surface area contributed by atoms with Crippen LogP contribution in [0.3, 0.4) is 0 Å². The number of anilines is 1. The molecule has 2 aromatic rings. The molecule has 0 aliphatic carbocycles. The maximum Gasteiger partial charge on any atom is 0.276 e. The van der Waals surface area contributed by atoms with Crippen LogP contribution in [-0.4, -0.2) is 27.8 Å². The summed E-state index contributed by atoms with van der Waals surface area (Å²) in [5.74, 6) is -1.27. The molecular formula is C19H19N3O4. The predicted molar refractivity (Wildman–Crippen MR) is 94.9 cm³/mol. The van der Waals surface area contributed by atoms with Crippen LogP contribution in [0.25, 0.3) is 0 Å². The Hall–Kier alpha value is -3.03. The first-order valence-electron chi connectivity index (χ1n) is 8.21. The van der Waals surface area contributed by atoms with Gasteiger partial charge in [0.05, 0.1) is 11.1 Å². The maximum atomic E-state index is 12.3. The van der Waals surface area contributed by atoms with Gasteiger partial charge in [-0.15, -0.1) is 0 Å². The molecule has 1 aliphatic rings. The zero-order valence-electron chi connectivity index (χ0n) is 14.4. The molecule has 1 heterocycles. The van der Waals surface area contributed by atoms with Gasteiger partial charge < -0.3 is 10.4 Å². The van der Waals surface area contributed by atoms with Crippen LogP contribution < -0.4 is 10.7 Å². The molecule has 7 heteroatoms. The van der Waals surface area contributed by atoms with Gasteiger partial charge in [0, 0.05) is 11.6 Å². The lowest BCUT2D eigenvalue weighted by Gasteiger charge is -2.20. The van der Waals surface area contributed by atoms with E-state index in [1.165, 1.54) is 0 Å². The minimum atomic E-state index is -1.26. The van der Waals surface area contributed by atoms with Crippen molar-refractivity contribution in [2.45, 2.75) is 20.1 Å². The summed E-state index contributed by atoms with van der Waals surface area (Å²) in [5.41, 5.74) is 4.16. The number of rotatable bonds is 5. The Labute approximate surface area is 150 Å². The van der Waals surface area contributed by atoms with Crippen molar-refractivity contribution in [1.82, 2.24) is 10.4 Å². The van der Waals surface area contributed by atoms with Gasteiger partial charge in [-0.2, -0.15) is 5.43 Å². The molecular weight excluding hydrogens is 334 g/mol. The highest BCUT2D eigenvalue weighted by atomic mass is 16.3. The topological polar surface area (TPSA) is 98.7 Å². The van der Waals surface area contributed by atoms with Gasteiger partial charge in [0.15, 0.2) is 0 Å². The Bertz CT molecular complexity index is 826. The third kappa shape index (κ3) is 3.35. The van der Waals surface area contributed by atoms with E-state index < -0.39 is 18.0 Å². The number of hydrogen-bond acceptors (Lipinski definition) is 5. The monoisotopic (exact) mass is 353 g/mol. The van der Waals surface area contributed by atoms with Crippen LogP contribution in [0.4, 0.5) is 5.69 Å². The van der Waals surface area contributed by atoms with E-state index >= 15 is 0 Å². The Morgan fingerprint density at radius 1 is 0.962 bits per heavy atom. The summed E-state index contributed by atoms with van der Waals surface area (Å²) in [7, 11) is 0. The number of nitrogens with zero attached hydrogens (tertiary/aromatic N) is 1. The summed E-state index contributed by atoms with van der Waals surface area (Å²) in [6.45, 7) is 3.58. The maximum absolute atomic E-state index is 12.3. The smallest absolute Gasteiger partial charge is 0.276 e. The second-order valence-electron chi connectivity index (χ2n) is 6.29. The number of hydrazine groups is 1. The van der Waals surface area contributed by atoms with Crippen LogP contribution in [0.2, 0.25) is 0 Å². The van der Waals surface area contributed by atoms with Crippen molar-refractivity contribution in [3.8, 4) is 0 Å². The van der Waals surface area contributed by atoms with Gasteiger partial charge in [-0.3, -0.25) is 14.4 Å². The van der Waals surface area contributed by atoms with Gasteiger partial charge in [-0.05, 0) is 29.8 Å². The summed E-state index contributed by atoms with van der Waals surface area (Å²) in [6, 6.07) is 13.0. The van der Waals surface area contributed by atoms with Gasteiger partial charge in [-0.25, -0.2) is 5.01 Å². The lowest BCUT2D eigenvalue weighted by molar-refractivity contribution is -0.118. The summed E-state index contributed by atoms with van der Waals surface area (Å²) in [4.78, 5) is 36.3. The van der Waals surface area contributed by atoms with Crippen molar-refractivity contribution < 1.29 is 19.5 Å². The largest absolute Gasteiger partial charge is 0.373 e. The Morgan fingerprint density at radius 2 is 1.50 bits per heavy atom. The molecule has 3 rings (SSSR count). The number of carbonyl (C=O) groups is 3. The van der Waals surface area contributed by atoms with Crippen LogP contribution in [0.5, 0.6) is 0 Å². The van der Waals surface area contributed by atoms with Crippen molar-refractivity contribution in [3.63, 3.8) is 0 Å². The van der Waals surface area contributed by atoms with E-state index in [4.69, 9.17) is 0 Å². The van der Waals surface area contributed by atoms with Gasteiger partial charge in [0.1, 0.15) is 6.23 Å². The Morgan fingerprint density at radius 3 is 2.00 bits per heavy atom. The number of imide groups is 1. The molecule has 1 unspecified atom stereocenters. The number of fused-ring (bicyclic) bond motifs is 1. The quantitative estimate of drug-likeness (QED) is 0.565.